The maximum atomic E-state index is 12.5. The van der Waals surface area contributed by atoms with Crippen LogP contribution in [0.25, 0.3) is 0 Å². The van der Waals surface area contributed by atoms with Crippen molar-refractivity contribution >= 4 is 23.2 Å². The summed E-state index contributed by atoms with van der Waals surface area (Å²) in [5, 5.41) is 0.662. The van der Waals surface area contributed by atoms with E-state index in [9.17, 15) is 4.79 Å². The summed E-state index contributed by atoms with van der Waals surface area (Å²) < 4.78 is 5.61. The van der Waals surface area contributed by atoms with Crippen LogP contribution in [-0.4, -0.2) is 67.6 Å². The second-order valence-electron chi connectivity index (χ2n) is 7.71. The molecule has 6 heteroatoms. The molecule has 2 heterocycles. The van der Waals surface area contributed by atoms with Crippen molar-refractivity contribution in [3.05, 3.63) is 59.6 Å². The fourth-order valence-corrected chi connectivity index (χ4v) is 4.36. The number of hydrogen-bond acceptors (Lipinski definition) is 4. The van der Waals surface area contributed by atoms with Crippen molar-refractivity contribution in [1.82, 2.24) is 9.80 Å². The number of ether oxygens (including phenoxy) is 1. The predicted molar refractivity (Wildman–Crippen MR) is 117 cm³/mol. The zero-order chi connectivity index (χ0) is 20.1. The fourth-order valence-electron chi connectivity index (χ4n) is 4.23. The van der Waals surface area contributed by atoms with Crippen molar-refractivity contribution in [1.29, 1.82) is 0 Å². The topological polar surface area (TPSA) is 36.0 Å². The number of carbonyl (C=O) groups excluding carboxylic acids is 1. The largest absolute Gasteiger partial charge is 0.484 e. The molecular formula is C23H28ClN3O2. The van der Waals surface area contributed by atoms with Gasteiger partial charge in [-0.05, 0) is 49.2 Å². The van der Waals surface area contributed by atoms with E-state index in [1.54, 1.807) is 24.3 Å². The van der Waals surface area contributed by atoms with Crippen LogP contribution in [0.5, 0.6) is 5.75 Å². The second kappa shape index (κ2) is 9.51. The van der Waals surface area contributed by atoms with E-state index in [0.29, 0.717) is 16.8 Å². The third-order valence-corrected chi connectivity index (χ3v) is 6.20. The van der Waals surface area contributed by atoms with E-state index in [4.69, 9.17) is 16.3 Å². The molecule has 0 saturated carbocycles. The zero-order valence-electron chi connectivity index (χ0n) is 16.7. The number of carbonyl (C=O) groups is 1. The van der Waals surface area contributed by atoms with Crippen LogP contribution in [0.2, 0.25) is 5.02 Å². The van der Waals surface area contributed by atoms with Crippen molar-refractivity contribution in [2.75, 3.05) is 50.8 Å². The van der Waals surface area contributed by atoms with Crippen molar-refractivity contribution < 1.29 is 9.53 Å². The van der Waals surface area contributed by atoms with E-state index < -0.39 is 0 Å². The summed E-state index contributed by atoms with van der Waals surface area (Å²) in [4.78, 5) is 19.5. The zero-order valence-corrected chi connectivity index (χ0v) is 17.4. The van der Waals surface area contributed by atoms with Gasteiger partial charge in [-0.25, -0.2) is 0 Å². The third-order valence-electron chi connectivity index (χ3n) is 5.95. The molecule has 2 aliphatic heterocycles. The molecule has 4 rings (SSSR count). The average Bonchev–Trinajstić information content (AvgIpc) is 2.79. The summed E-state index contributed by atoms with van der Waals surface area (Å²) in [6, 6.07) is 18.3. The lowest BCUT2D eigenvalue weighted by Gasteiger charge is -2.43. The average molecular weight is 414 g/mol. The maximum absolute atomic E-state index is 12.5. The van der Waals surface area contributed by atoms with Crippen LogP contribution in [0.4, 0.5) is 5.69 Å². The van der Waals surface area contributed by atoms with Crippen LogP contribution < -0.4 is 9.64 Å². The minimum absolute atomic E-state index is 0.0623. The van der Waals surface area contributed by atoms with Gasteiger partial charge in [-0.1, -0.05) is 29.8 Å². The summed E-state index contributed by atoms with van der Waals surface area (Å²) >= 11 is 5.88. The monoisotopic (exact) mass is 413 g/mol. The first kappa shape index (κ1) is 20.0. The number of halogens is 1. The molecule has 0 spiro atoms. The molecule has 0 unspecified atom stereocenters. The highest BCUT2D eigenvalue weighted by atomic mass is 35.5. The Morgan fingerprint density at radius 3 is 2.21 bits per heavy atom. The Bertz CT molecular complexity index is 784. The van der Waals surface area contributed by atoms with Crippen molar-refractivity contribution in [2.24, 2.45) is 0 Å². The Labute approximate surface area is 177 Å². The number of amides is 1. The number of likely N-dealkylation sites (tertiary alicyclic amines) is 1. The third kappa shape index (κ3) is 5.22. The van der Waals surface area contributed by atoms with Gasteiger partial charge >= 0.3 is 0 Å². The fraction of sp³-hybridized carbons (Fsp3) is 0.435. The molecule has 1 amide bonds. The molecule has 0 N–H and O–H groups in total. The Morgan fingerprint density at radius 2 is 1.55 bits per heavy atom. The van der Waals surface area contributed by atoms with Gasteiger partial charge in [-0.3, -0.25) is 9.69 Å². The number of para-hydroxylation sites is 1. The summed E-state index contributed by atoms with van der Waals surface area (Å²) in [7, 11) is 0. The molecule has 0 aromatic heterocycles. The lowest BCUT2D eigenvalue weighted by molar-refractivity contribution is -0.135. The second-order valence-corrected chi connectivity index (χ2v) is 8.15. The lowest BCUT2D eigenvalue weighted by Crippen LogP contribution is -2.54. The summed E-state index contributed by atoms with van der Waals surface area (Å²) in [6.45, 7) is 6.03. The molecule has 2 aliphatic rings. The number of benzene rings is 2. The summed E-state index contributed by atoms with van der Waals surface area (Å²) in [5.74, 6) is 0.737. The van der Waals surface area contributed by atoms with E-state index in [2.05, 4.69) is 40.1 Å². The van der Waals surface area contributed by atoms with Gasteiger partial charge in [0, 0.05) is 56.0 Å². The Kier molecular flexibility index (Phi) is 6.57. The SMILES string of the molecule is O=C(COc1ccc(Cl)cc1)N1CCC(N2CCN(c3ccccc3)CC2)CC1. The van der Waals surface area contributed by atoms with Gasteiger partial charge in [0.2, 0.25) is 0 Å². The molecule has 0 aliphatic carbocycles. The summed E-state index contributed by atoms with van der Waals surface area (Å²) in [6.07, 6.45) is 2.08. The lowest BCUT2D eigenvalue weighted by atomic mass is 10.0. The van der Waals surface area contributed by atoms with Gasteiger partial charge in [0.25, 0.3) is 5.91 Å². The standard InChI is InChI=1S/C23H28ClN3O2/c24-19-6-8-22(9-7-19)29-18-23(28)27-12-10-21(11-13-27)26-16-14-25(15-17-26)20-4-2-1-3-5-20/h1-9,21H,10-18H2. The predicted octanol–water partition coefficient (Wildman–Crippen LogP) is 3.53. The molecule has 2 aromatic rings. The molecule has 5 nitrogen and oxygen atoms in total. The number of nitrogens with zero attached hydrogens (tertiary/aromatic N) is 3. The molecule has 2 aromatic carbocycles. The molecule has 2 saturated heterocycles. The molecular weight excluding hydrogens is 386 g/mol. The molecule has 29 heavy (non-hydrogen) atoms. The number of rotatable bonds is 5. The van der Waals surface area contributed by atoms with Gasteiger partial charge in [0.05, 0.1) is 0 Å². The Balaban J connectivity index is 1.19. The molecule has 154 valence electrons. The minimum Gasteiger partial charge on any atom is -0.484 e. The first-order valence-corrected chi connectivity index (χ1v) is 10.8. The van der Waals surface area contributed by atoms with Gasteiger partial charge in [-0.2, -0.15) is 0 Å². The van der Waals surface area contributed by atoms with Crippen LogP contribution in [0, 0.1) is 0 Å². The minimum atomic E-state index is 0.0623. The number of piperidine rings is 1. The highest BCUT2D eigenvalue weighted by Gasteiger charge is 2.29. The van der Waals surface area contributed by atoms with Gasteiger partial charge in [0.15, 0.2) is 6.61 Å². The van der Waals surface area contributed by atoms with E-state index in [1.807, 2.05) is 4.90 Å². The van der Waals surface area contributed by atoms with Crippen molar-refractivity contribution in [2.45, 2.75) is 18.9 Å². The van der Waals surface area contributed by atoms with E-state index in [1.165, 1.54) is 5.69 Å². The number of anilines is 1. The van der Waals surface area contributed by atoms with Crippen LogP contribution in [0.3, 0.4) is 0 Å². The highest BCUT2D eigenvalue weighted by molar-refractivity contribution is 6.30. The van der Waals surface area contributed by atoms with Crippen molar-refractivity contribution in [3.8, 4) is 5.75 Å². The Morgan fingerprint density at radius 1 is 0.897 bits per heavy atom. The van der Waals surface area contributed by atoms with E-state index in [0.717, 1.165) is 52.1 Å². The molecule has 0 atom stereocenters. The first-order valence-electron chi connectivity index (χ1n) is 10.4. The van der Waals surface area contributed by atoms with E-state index >= 15 is 0 Å². The first-order chi connectivity index (χ1) is 14.2. The summed E-state index contributed by atoms with van der Waals surface area (Å²) in [5.41, 5.74) is 1.31. The maximum Gasteiger partial charge on any atom is 0.260 e. The Hall–Kier alpha value is -2.24. The van der Waals surface area contributed by atoms with Gasteiger partial charge < -0.3 is 14.5 Å². The van der Waals surface area contributed by atoms with Crippen LogP contribution in [0.1, 0.15) is 12.8 Å². The molecule has 0 bridgehead atoms. The quantitative estimate of drug-likeness (QED) is 0.751. The number of piperazine rings is 1. The van der Waals surface area contributed by atoms with Crippen LogP contribution in [0.15, 0.2) is 54.6 Å². The van der Waals surface area contributed by atoms with Gasteiger partial charge in [0.1, 0.15) is 5.75 Å². The van der Waals surface area contributed by atoms with Crippen molar-refractivity contribution in [3.63, 3.8) is 0 Å². The normalized spacial score (nSPS) is 18.7. The van der Waals surface area contributed by atoms with Crippen LogP contribution >= 0.6 is 11.6 Å². The molecule has 0 radical (unpaired) electrons. The van der Waals surface area contributed by atoms with Crippen LogP contribution in [-0.2, 0) is 4.79 Å². The highest BCUT2D eigenvalue weighted by Crippen LogP contribution is 2.22. The van der Waals surface area contributed by atoms with Gasteiger partial charge in [-0.15, -0.1) is 0 Å². The van der Waals surface area contributed by atoms with E-state index in [-0.39, 0.29) is 12.5 Å². The smallest absolute Gasteiger partial charge is 0.260 e. The molecule has 2 fully saturated rings. The number of hydrogen-bond donors (Lipinski definition) is 0.